The standard InChI is InChI=1S/C36H76N2O2.BrH/c1-3-5-7-9-11-13-15-17-19-21-23-25-32-39-34-29-36(38,28-27-31-37)30-35-40-33-26-24-22-20-18-16-14-12-10-8-6-4-2;/h3-35,37-38H2,1-2H3;1H. The number of ether oxygens (including phenoxy) is 2. The Balaban J connectivity index is 0. The van der Waals surface area contributed by atoms with E-state index in [-0.39, 0.29) is 22.5 Å². The van der Waals surface area contributed by atoms with Crippen LogP contribution < -0.4 is 28.4 Å². The molecule has 0 radical (unpaired) electrons. The molecule has 0 rings (SSSR count). The van der Waals surface area contributed by atoms with Gasteiger partial charge in [0.05, 0.1) is 18.8 Å². The largest absolute Gasteiger partial charge is 1.00 e. The van der Waals surface area contributed by atoms with Crippen LogP contribution in [0.25, 0.3) is 0 Å². The summed E-state index contributed by atoms with van der Waals surface area (Å²) in [5.41, 5.74) is 10.5. The van der Waals surface area contributed by atoms with Crippen molar-refractivity contribution in [1.82, 2.24) is 0 Å². The lowest BCUT2D eigenvalue weighted by molar-refractivity contribution is -0.485. The number of quaternary nitrogens is 1. The maximum Gasteiger partial charge on any atom is 0.0990 e. The molecule has 0 saturated heterocycles. The van der Waals surface area contributed by atoms with E-state index in [1.807, 2.05) is 0 Å². The summed E-state index contributed by atoms with van der Waals surface area (Å²) in [4.78, 5) is 0. The minimum atomic E-state index is 0. The number of unbranched alkanes of at least 4 members (excludes halogenated alkanes) is 22. The molecule has 0 amide bonds. The first-order chi connectivity index (χ1) is 19.7. The lowest BCUT2D eigenvalue weighted by Gasteiger charge is -2.26. The van der Waals surface area contributed by atoms with E-state index in [1.165, 1.54) is 154 Å². The third-order valence-corrected chi connectivity index (χ3v) is 8.75. The highest BCUT2D eigenvalue weighted by Gasteiger charge is 2.28. The predicted octanol–water partition coefficient (Wildman–Crippen LogP) is 6.93. The van der Waals surface area contributed by atoms with E-state index < -0.39 is 0 Å². The summed E-state index contributed by atoms with van der Waals surface area (Å²) in [5, 5.41) is 0. The van der Waals surface area contributed by atoms with Gasteiger partial charge in [-0.05, 0) is 25.8 Å². The van der Waals surface area contributed by atoms with Crippen molar-refractivity contribution in [3.05, 3.63) is 0 Å². The Kier molecular flexibility index (Phi) is 38.7. The van der Waals surface area contributed by atoms with Crippen molar-refractivity contribution >= 4 is 0 Å². The quantitative estimate of drug-likeness (QED) is 0.0732. The Hall–Kier alpha value is 0.320. The van der Waals surface area contributed by atoms with E-state index >= 15 is 0 Å². The Bertz CT molecular complexity index is 433. The van der Waals surface area contributed by atoms with E-state index in [9.17, 15) is 0 Å². The molecule has 4 nitrogen and oxygen atoms in total. The third kappa shape index (κ3) is 34.7. The molecule has 0 heterocycles. The average Bonchev–Trinajstić information content (AvgIpc) is 2.96. The molecule has 0 saturated carbocycles. The number of halogens is 1. The van der Waals surface area contributed by atoms with Crippen LogP contribution in [0.1, 0.15) is 194 Å². The number of hydrogen-bond donors (Lipinski definition) is 2. The Morgan fingerprint density at radius 1 is 0.415 bits per heavy atom. The van der Waals surface area contributed by atoms with Crippen LogP contribution >= 0.6 is 0 Å². The van der Waals surface area contributed by atoms with Crippen LogP contribution in [0.3, 0.4) is 0 Å². The molecule has 5 N–H and O–H groups in total. The fourth-order valence-corrected chi connectivity index (χ4v) is 5.72. The molecule has 0 aliphatic heterocycles. The van der Waals surface area contributed by atoms with Crippen LogP contribution in [0, 0.1) is 0 Å². The Morgan fingerprint density at radius 3 is 1.00 bits per heavy atom. The second-order valence-electron chi connectivity index (χ2n) is 12.9. The van der Waals surface area contributed by atoms with Crippen LogP contribution in [0.4, 0.5) is 0 Å². The second kappa shape index (κ2) is 36.5. The van der Waals surface area contributed by atoms with E-state index in [0.717, 1.165) is 58.7 Å². The third-order valence-electron chi connectivity index (χ3n) is 8.75. The van der Waals surface area contributed by atoms with Crippen molar-refractivity contribution in [2.45, 2.75) is 199 Å². The zero-order valence-corrected chi connectivity index (χ0v) is 29.9. The summed E-state index contributed by atoms with van der Waals surface area (Å²) in [5.74, 6) is 0. The molecule has 5 heteroatoms. The van der Waals surface area contributed by atoms with Crippen LogP contribution in [0.2, 0.25) is 0 Å². The SMILES string of the molecule is CCCCCCCCCCCCCCOCCC([NH3+])(CCCN)CCOCCCCCCCCCCCCCC.[Br-]. The molecule has 0 bridgehead atoms. The summed E-state index contributed by atoms with van der Waals surface area (Å²) >= 11 is 0. The van der Waals surface area contributed by atoms with Gasteiger partial charge in [0.25, 0.3) is 0 Å². The van der Waals surface area contributed by atoms with Crippen LogP contribution in [-0.2, 0) is 9.47 Å². The van der Waals surface area contributed by atoms with Gasteiger partial charge < -0.3 is 37.9 Å². The first-order valence-corrected chi connectivity index (χ1v) is 18.4. The molecule has 41 heavy (non-hydrogen) atoms. The summed E-state index contributed by atoms with van der Waals surface area (Å²) in [6.45, 7) is 8.78. The number of rotatable bonds is 35. The fraction of sp³-hybridized carbons (Fsp3) is 1.00. The van der Waals surface area contributed by atoms with Gasteiger partial charge in [-0.25, -0.2) is 0 Å². The maximum atomic E-state index is 6.02. The molecular formula is C36H77BrN2O2. The Labute approximate surface area is 269 Å². The van der Waals surface area contributed by atoms with Crippen molar-refractivity contribution in [3.63, 3.8) is 0 Å². The van der Waals surface area contributed by atoms with Crippen LogP contribution in [0.5, 0.6) is 0 Å². The van der Waals surface area contributed by atoms with Crippen molar-refractivity contribution in [2.24, 2.45) is 5.73 Å². The molecular weight excluding hydrogens is 572 g/mol. The summed E-state index contributed by atoms with van der Waals surface area (Å²) < 4.78 is 12.0. The molecule has 0 fully saturated rings. The van der Waals surface area contributed by atoms with Gasteiger partial charge in [0.1, 0.15) is 0 Å². The summed E-state index contributed by atoms with van der Waals surface area (Å²) in [6, 6.07) is 0. The number of nitrogens with two attached hydrogens (primary N) is 1. The minimum Gasteiger partial charge on any atom is -1.00 e. The van der Waals surface area contributed by atoms with Gasteiger partial charge in [0.2, 0.25) is 0 Å². The van der Waals surface area contributed by atoms with E-state index in [0.29, 0.717) is 0 Å². The molecule has 250 valence electrons. The zero-order valence-electron chi connectivity index (χ0n) is 28.3. The smallest absolute Gasteiger partial charge is 0.0990 e. The maximum absolute atomic E-state index is 6.02. The van der Waals surface area contributed by atoms with Crippen molar-refractivity contribution in [3.8, 4) is 0 Å². The van der Waals surface area contributed by atoms with Gasteiger partial charge in [-0.1, -0.05) is 155 Å². The number of hydrogen-bond acceptors (Lipinski definition) is 3. The van der Waals surface area contributed by atoms with Gasteiger partial charge in [-0.15, -0.1) is 0 Å². The first-order valence-electron chi connectivity index (χ1n) is 18.4. The second-order valence-corrected chi connectivity index (χ2v) is 12.9. The van der Waals surface area contributed by atoms with Gasteiger partial charge >= 0.3 is 0 Å². The topological polar surface area (TPSA) is 72.1 Å². The van der Waals surface area contributed by atoms with Gasteiger partial charge in [-0.3, -0.25) is 0 Å². The highest BCUT2D eigenvalue weighted by atomic mass is 79.9. The van der Waals surface area contributed by atoms with Gasteiger partial charge in [0.15, 0.2) is 0 Å². The molecule has 0 aromatic carbocycles. The highest BCUT2D eigenvalue weighted by Crippen LogP contribution is 2.18. The molecule has 0 aromatic rings. The molecule has 0 aromatic heterocycles. The molecule has 0 spiro atoms. The van der Waals surface area contributed by atoms with Crippen molar-refractivity contribution in [2.75, 3.05) is 33.0 Å². The molecule has 0 unspecified atom stereocenters. The van der Waals surface area contributed by atoms with Gasteiger partial charge in [0, 0.05) is 32.5 Å². The van der Waals surface area contributed by atoms with E-state index in [1.54, 1.807) is 0 Å². The first kappa shape index (κ1) is 43.4. The van der Waals surface area contributed by atoms with E-state index in [4.69, 9.17) is 15.2 Å². The predicted molar refractivity (Wildman–Crippen MR) is 177 cm³/mol. The van der Waals surface area contributed by atoms with Crippen molar-refractivity contribution < 1.29 is 32.2 Å². The van der Waals surface area contributed by atoms with Crippen LogP contribution in [0.15, 0.2) is 0 Å². The zero-order chi connectivity index (χ0) is 29.2. The lowest BCUT2D eigenvalue weighted by Crippen LogP contribution is -3.00. The molecule has 0 aliphatic carbocycles. The summed E-state index contributed by atoms with van der Waals surface area (Å²) in [7, 11) is 0. The molecule has 0 atom stereocenters. The van der Waals surface area contributed by atoms with Crippen molar-refractivity contribution in [1.29, 1.82) is 0 Å². The normalized spacial score (nSPS) is 11.7. The minimum absolute atomic E-state index is 0. The molecule has 0 aliphatic rings. The summed E-state index contributed by atoms with van der Waals surface area (Å²) in [6.07, 6.45) is 37.5. The highest BCUT2D eigenvalue weighted by molar-refractivity contribution is 4.77. The van der Waals surface area contributed by atoms with Crippen LogP contribution in [-0.4, -0.2) is 38.5 Å². The monoisotopic (exact) mass is 649 g/mol. The Morgan fingerprint density at radius 2 is 0.707 bits per heavy atom. The van der Waals surface area contributed by atoms with E-state index in [2.05, 4.69) is 19.6 Å². The fourth-order valence-electron chi connectivity index (χ4n) is 5.72. The lowest BCUT2D eigenvalue weighted by atomic mass is 9.88. The van der Waals surface area contributed by atoms with Gasteiger partial charge in [-0.2, -0.15) is 0 Å². The average molecular weight is 650 g/mol.